The zero-order valence-corrected chi connectivity index (χ0v) is 10.0. The number of nitrogens with one attached hydrogen (secondary N) is 1. The van der Waals surface area contributed by atoms with E-state index in [4.69, 9.17) is 17.3 Å². The molecule has 0 spiro atoms. The Bertz CT molecular complexity index is 412. The number of amides is 1. The van der Waals surface area contributed by atoms with Gasteiger partial charge in [0.05, 0.1) is 0 Å². The minimum Gasteiger partial charge on any atom is -0.349 e. The highest BCUT2D eigenvalue weighted by Gasteiger charge is 2.29. The Morgan fingerprint density at radius 3 is 2.76 bits per heavy atom. The smallest absolute Gasteiger partial charge is 0.251 e. The molecule has 1 aromatic rings. The van der Waals surface area contributed by atoms with Gasteiger partial charge in [0.25, 0.3) is 5.91 Å². The van der Waals surface area contributed by atoms with Crippen LogP contribution in [0.1, 0.15) is 23.2 Å². The predicted octanol–water partition coefficient (Wildman–Crippen LogP) is 1.95. The zero-order chi connectivity index (χ0) is 12.4. The molecule has 1 saturated carbocycles. The number of carbonyl (C=O) groups is 1. The van der Waals surface area contributed by atoms with E-state index in [1.165, 1.54) is 18.2 Å². The third-order valence-corrected chi connectivity index (χ3v) is 3.25. The number of hydrogen-bond acceptors (Lipinski definition) is 2. The van der Waals surface area contributed by atoms with Gasteiger partial charge in [-0.15, -0.1) is 0 Å². The lowest BCUT2D eigenvalue weighted by Gasteiger charge is -2.34. The van der Waals surface area contributed by atoms with E-state index in [-0.39, 0.29) is 22.5 Å². The van der Waals surface area contributed by atoms with E-state index >= 15 is 0 Å². The Kier molecular flexibility index (Phi) is 3.64. The molecule has 5 heteroatoms. The van der Waals surface area contributed by atoms with Crippen LogP contribution in [0.3, 0.4) is 0 Å². The van der Waals surface area contributed by atoms with Crippen molar-refractivity contribution in [2.24, 2.45) is 11.7 Å². The summed E-state index contributed by atoms with van der Waals surface area (Å²) < 4.78 is 13.1. The monoisotopic (exact) mass is 256 g/mol. The van der Waals surface area contributed by atoms with E-state index in [0.29, 0.717) is 12.5 Å². The molecule has 0 aliphatic heterocycles. The Hall–Kier alpha value is -1.13. The van der Waals surface area contributed by atoms with Gasteiger partial charge < -0.3 is 11.1 Å². The highest BCUT2D eigenvalue weighted by atomic mass is 35.5. The van der Waals surface area contributed by atoms with Gasteiger partial charge in [-0.2, -0.15) is 0 Å². The van der Waals surface area contributed by atoms with Crippen LogP contribution in [0.25, 0.3) is 0 Å². The quantitative estimate of drug-likeness (QED) is 0.869. The summed E-state index contributed by atoms with van der Waals surface area (Å²) in [6.07, 6.45) is 1.79. The number of rotatable bonds is 3. The Labute approximate surface area is 104 Å². The van der Waals surface area contributed by atoms with E-state index in [9.17, 15) is 9.18 Å². The molecule has 0 bridgehead atoms. The van der Waals surface area contributed by atoms with Gasteiger partial charge in [0.1, 0.15) is 5.82 Å². The molecule has 2 rings (SSSR count). The van der Waals surface area contributed by atoms with Crippen LogP contribution in [-0.2, 0) is 0 Å². The van der Waals surface area contributed by atoms with Crippen molar-refractivity contribution >= 4 is 17.5 Å². The van der Waals surface area contributed by atoms with Crippen molar-refractivity contribution < 1.29 is 9.18 Å². The molecule has 3 N–H and O–H groups in total. The van der Waals surface area contributed by atoms with Crippen molar-refractivity contribution in [1.82, 2.24) is 5.32 Å². The Morgan fingerprint density at radius 1 is 1.47 bits per heavy atom. The van der Waals surface area contributed by atoms with Crippen LogP contribution in [0.2, 0.25) is 5.02 Å². The highest BCUT2D eigenvalue weighted by molar-refractivity contribution is 6.31. The summed E-state index contributed by atoms with van der Waals surface area (Å²) in [4.78, 5) is 11.8. The number of carbonyl (C=O) groups excluding carboxylic acids is 1. The zero-order valence-electron chi connectivity index (χ0n) is 9.25. The first kappa shape index (κ1) is 12.3. The van der Waals surface area contributed by atoms with Gasteiger partial charge in [0, 0.05) is 16.6 Å². The maximum atomic E-state index is 13.1. The second-order valence-electron chi connectivity index (χ2n) is 4.40. The first-order valence-electron chi connectivity index (χ1n) is 5.55. The fraction of sp³-hybridized carbons (Fsp3) is 0.417. The summed E-state index contributed by atoms with van der Waals surface area (Å²) in [7, 11) is 0. The SMILES string of the molecule is NCC1CC(NC(=O)c2cc(F)cc(Cl)c2)C1. The Morgan fingerprint density at radius 2 is 2.18 bits per heavy atom. The van der Waals surface area contributed by atoms with Crippen molar-refractivity contribution in [3.05, 3.63) is 34.6 Å². The van der Waals surface area contributed by atoms with Crippen LogP contribution in [0, 0.1) is 11.7 Å². The largest absolute Gasteiger partial charge is 0.349 e. The van der Waals surface area contributed by atoms with Crippen LogP contribution in [0.5, 0.6) is 0 Å². The summed E-state index contributed by atoms with van der Waals surface area (Å²) in [5.41, 5.74) is 5.75. The molecule has 0 unspecified atom stereocenters. The molecule has 1 aliphatic carbocycles. The fourth-order valence-electron chi connectivity index (χ4n) is 2.00. The van der Waals surface area contributed by atoms with E-state index in [1.807, 2.05) is 0 Å². The average molecular weight is 257 g/mol. The van der Waals surface area contributed by atoms with Gasteiger partial charge in [0.2, 0.25) is 0 Å². The molecular formula is C12H14ClFN2O. The van der Waals surface area contributed by atoms with Gasteiger partial charge in [-0.3, -0.25) is 4.79 Å². The molecule has 0 aromatic heterocycles. The van der Waals surface area contributed by atoms with E-state index in [2.05, 4.69) is 5.32 Å². The number of benzene rings is 1. The summed E-state index contributed by atoms with van der Waals surface area (Å²) in [6.45, 7) is 0.651. The highest BCUT2D eigenvalue weighted by Crippen LogP contribution is 2.26. The van der Waals surface area contributed by atoms with Crippen LogP contribution < -0.4 is 11.1 Å². The summed E-state index contributed by atoms with van der Waals surface area (Å²) in [5, 5.41) is 3.06. The standard InChI is InChI=1S/C12H14ClFN2O/c13-9-3-8(4-10(14)5-9)12(17)16-11-1-7(2-11)6-15/h3-5,7,11H,1-2,6,15H2,(H,16,17). The van der Waals surface area contributed by atoms with Gasteiger partial charge in [-0.05, 0) is 43.5 Å². The number of halogens is 2. The van der Waals surface area contributed by atoms with Gasteiger partial charge in [-0.1, -0.05) is 11.6 Å². The third-order valence-electron chi connectivity index (χ3n) is 3.03. The Balaban J connectivity index is 1.96. The van der Waals surface area contributed by atoms with Crippen molar-refractivity contribution in [3.8, 4) is 0 Å². The average Bonchev–Trinajstić information content (AvgIpc) is 2.21. The molecule has 1 aliphatic rings. The van der Waals surface area contributed by atoms with Gasteiger partial charge in [0.15, 0.2) is 0 Å². The van der Waals surface area contributed by atoms with Crippen LogP contribution >= 0.6 is 11.6 Å². The minimum atomic E-state index is -0.504. The lowest BCUT2D eigenvalue weighted by atomic mass is 9.80. The topological polar surface area (TPSA) is 55.1 Å². The van der Waals surface area contributed by atoms with Crippen molar-refractivity contribution in [2.75, 3.05) is 6.54 Å². The van der Waals surface area contributed by atoms with Gasteiger partial charge in [-0.25, -0.2) is 4.39 Å². The fourth-order valence-corrected chi connectivity index (χ4v) is 2.22. The van der Waals surface area contributed by atoms with E-state index in [0.717, 1.165) is 12.8 Å². The minimum absolute atomic E-state index is 0.151. The maximum absolute atomic E-state index is 13.1. The molecule has 0 atom stereocenters. The number of nitrogens with two attached hydrogens (primary N) is 1. The molecule has 0 heterocycles. The lowest BCUT2D eigenvalue weighted by Crippen LogP contribution is -2.46. The van der Waals surface area contributed by atoms with E-state index < -0.39 is 5.82 Å². The molecular weight excluding hydrogens is 243 g/mol. The summed E-state index contributed by atoms with van der Waals surface area (Å²) in [5.74, 6) is -0.292. The molecule has 1 amide bonds. The van der Waals surface area contributed by atoms with Crippen LogP contribution in [-0.4, -0.2) is 18.5 Å². The molecule has 0 saturated heterocycles. The molecule has 1 fully saturated rings. The van der Waals surface area contributed by atoms with E-state index in [1.54, 1.807) is 0 Å². The maximum Gasteiger partial charge on any atom is 0.251 e. The van der Waals surface area contributed by atoms with Crippen LogP contribution in [0.15, 0.2) is 18.2 Å². The third kappa shape index (κ3) is 2.96. The second kappa shape index (κ2) is 5.02. The molecule has 1 aromatic carbocycles. The molecule has 0 radical (unpaired) electrons. The van der Waals surface area contributed by atoms with Crippen molar-refractivity contribution in [2.45, 2.75) is 18.9 Å². The molecule has 92 valence electrons. The first-order valence-corrected chi connectivity index (χ1v) is 5.93. The normalized spacial score (nSPS) is 23.0. The van der Waals surface area contributed by atoms with Crippen LogP contribution in [0.4, 0.5) is 4.39 Å². The number of hydrogen-bond donors (Lipinski definition) is 2. The van der Waals surface area contributed by atoms with Crippen molar-refractivity contribution in [3.63, 3.8) is 0 Å². The second-order valence-corrected chi connectivity index (χ2v) is 4.84. The predicted molar refractivity (Wildman–Crippen MR) is 64.4 cm³/mol. The summed E-state index contributed by atoms with van der Waals surface area (Å²) in [6, 6.07) is 3.96. The molecule has 17 heavy (non-hydrogen) atoms. The summed E-state index contributed by atoms with van der Waals surface area (Å²) >= 11 is 5.69. The van der Waals surface area contributed by atoms with Gasteiger partial charge >= 0.3 is 0 Å². The lowest BCUT2D eigenvalue weighted by molar-refractivity contribution is 0.0892. The molecule has 3 nitrogen and oxygen atoms in total. The first-order chi connectivity index (χ1) is 8.08. The van der Waals surface area contributed by atoms with Crippen molar-refractivity contribution in [1.29, 1.82) is 0 Å².